The van der Waals surface area contributed by atoms with Gasteiger partial charge in [-0.3, -0.25) is 4.90 Å². The number of hydrogen-bond acceptors (Lipinski definition) is 10. The maximum Gasteiger partial charge on any atom is 0.229 e. The average molecular weight is 640 g/mol. The van der Waals surface area contributed by atoms with Crippen molar-refractivity contribution < 1.29 is 14.0 Å². The van der Waals surface area contributed by atoms with Gasteiger partial charge in [-0.15, -0.1) is 0 Å². The fraction of sp³-hybridized carbons (Fsp3) is 0.500. The Balaban J connectivity index is 1.19. The smallest absolute Gasteiger partial charge is 0.229 e. The normalized spacial score (nSPS) is 20.5. The van der Waals surface area contributed by atoms with Gasteiger partial charge in [0, 0.05) is 68.8 Å². The molecule has 6 rings (SSSR count). The van der Waals surface area contributed by atoms with Crippen LogP contribution in [0.5, 0.6) is 5.75 Å². The van der Waals surface area contributed by atoms with Gasteiger partial charge in [0.2, 0.25) is 5.95 Å². The second-order valence-electron chi connectivity index (χ2n) is 12.4. The van der Waals surface area contributed by atoms with E-state index in [-0.39, 0.29) is 6.10 Å². The van der Waals surface area contributed by atoms with E-state index in [1.165, 1.54) is 0 Å². The molecule has 3 fully saturated rings. The largest absolute Gasteiger partial charge is 0.486 e. The number of nitrogens with zero attached hydrogens (tertiary/aromatic N) is 5. The summed E-state index contributed by atoms with van der Waals surface area (Å²) in [5.41, 5.74) is 2.64. The molecule has 0 radical (unpaired) electrons. The number of aromatic nitrogens is 2. The minimum absolute atomic E-state index is 0.0302. The predicted molar refractivity (Wildman–Crippen MR) is 180 cm³/mol. The summed E-state index contributed by atoms with van der Waals surface area (Å²) in [5.74, 6) is 1.66. The molecule has 1 unspecified atom stereocenters. The quantitative estimate of drug-likeness (QED) is 0.302. The molecular weight excluding hydrogens is 597 g/mol. The Labute approximate surface area is 265 Å². The molecule has 3 aliphatic rings. The van der Waals surface area contributed by atoms with Crippen molar-refractivity contribution in [2.75, 3.05) is 88.4 Å². The van der Waals surface area contributed by atoms with Crippen molar-refractivity contribution in [3.05, 3.63) is 53.7 Å². The number of likely N-dealkylation sites (N-methyl/N-ethyl adjacent to an activating group) is 1. The summed E-state index contributed by atoms with van der Waals surface area (Å²) in [4.78, 5) is 16.6. The molecule has 0 bridgehead atoms. The topological polar surface area (TPSA) is 95.1 Å². The minimum atomic E-state index is -2.52. The number of para-hydroxylation sites is 1. The van der Waals surface area contributed by atoms with Crippen LogP contribution in [-0.4, -0.2) is 105 Å². The van der Waals surface area contributed by atoms with Crippen molar-refractivity contribution in [1.82, 2.24) is 19.8 Å². The fourth-order valence-electron chi connectivity index (χ4n) is 6.21. The number of piperazine rings is 1. The van der Waals surface area contributed by atoms with Crippen molar-refractivity contribution in [2.24, 2.45) is 0 Å². The van der Waals surface area contributed by atoms with Crippen LogP contribution in [0.15, 0.2) is 48.7 Å². The van der Waals surface area contributed by atoms with Crippen LogP contribution in [0.3, 0.4) is 0 Å². The Morgan fingerprint density at radius 1 is 1.00 bits per heavy atom. The second-order valence-corrected chi connectivity index (χ2v) is 15.9. The van der Waals surface area contributed by atoms with Crippen molar-refractivity contribution in [3.63, 3.8) is 0 Å². The molecule has 44 heavy (non-hydrogen) atoms. The molecule has 10 nitrogen and oxygen atoms in total. The highest BCUT2D eigenvalue weighted by atomic mass is 35.5. The lowest BCUT2D eigenvalue weighted by Crippen LogP contribution is -2.52. The van der Waals surface area contributed by atoms with Crippen molar-refractivity contribution in [2.45, 2.75) is 31.4 Å². The Hall–Kier alpha value is -2.88. The summed E-state index contributed by atoms with van der Waals surface area (Å²) < 4.78 is 25.0. The van der Waals surface area contributed by atoms with Gasteiger partial charge in [-0.05, 0) is 57.5 Å². The number of piperidine rings is 1. The molecule has 3 saturated heterocycles. The van der Waals surface area contributed by atoms with Gasteiger partial charge >= 0.3 is 0 Å². The molecule has 0 amide bonds. The third-order valence-electron chi connectivity index (χ3n) is 8.74. The molecule has 2 aromatic carbocycles. The van der Waals surface area contributed by atoms with Gasteiger partial charge in [0.05, 0.1) is 30.8 Å². The molecule has 0 spiro atoms. The van der Waals surface area contributed by atoms with Crippen LogP contribution < -0.4 is 25.6 Å². The van der Waals surface area contributed by atoms with Crippen LogP contribution in [0.2, 0.25) is 5.02 Å². The first-order valence-corrected chi connectivity index (χ1v) is 18.5. The number of benzene rings is 2. The van der Waals surface area contributed by atoms with E-state index >= 15 is 0 Å². The van der Waals surface area contributed by atoms with Gasteiger partial charge in [-0.1, -0.05) is 23.7 Å². The molecule has 12 heteroatoms. The van der Waals surface area contributed by atoms with Gasteiger partial charge in [0.1, 0.15) is 24.0 Å². The van der Waals surface area contributed by atoms with E-state index in [1.54, 1.807) is 19.5 Å². The van der Waals surface area contributed by atoms with E-state index in [9.17, 15) is 4.57 Å². The Morgan fingerprint density at radius 3 is 2.50 bits per heavy atom. The average Bonchev–Trinajstić information content (AvgIpc) is 3.52. The number of hydrogen-bond donors (Lipinski definition) is 2. The van der Waals surface area contributed by atoms with Crippen LogP contribution in [-0.2, 0) is 9.30 Å². The fourth-order valence-corrected chi connectivity index (χ4v) is 7.51. The Kier molecular flexibility index (Phi) is 9.64. The number of anilines is 5. The number of ether oxygens (including phenoxy) is 2. The molecule has 0 aliphatic carbocycles. The summed E-state index contributed by atoms with van der Waals surface area (Å²) in [6.45, 7) is 11.4. The molecule has 236 valence electrons. The van der Waals surface area contributed by atoms with Crippen LogP contribution in [0.25, 0.3) is 0 Å². The van der Waals surface area contributed by atoms with Gasteiger partial charge in [-0.2, -0.15) is 4.98 Å². The lowest BCUT2D eigenvalue weighted by molar-refractivity contribution is 0.0980. The summed E-state index contributed by atoms with van der Waals surface area (Å²) in [6, 6.07) is 14.4. The maximum atomic E-state index is 12.9. The van der Waals surface area contributed by atoms with Crippen LogP contribution >= 0.6 is 18.7 Å². The molecule has 1 atom stereocenters. The third kappa shape index (κ3) is 7.49. The minimum Gasteiger partial charge on any atom is -0.486 e. The lowest BCUT2D eigenvalue weighted by Gasteiger charge is -2.42. The maximum absolute atomic E-state index is 12.9. The summed E-state index contributed by atoms with van der Waals surface area (Å²) in [6.07, 6.45) is 4.77. The van der Waals surface area contributed by atoms with Gasteiger partial charge in [-0.25, -0.2) is 4.98 Å². The van der Waals surface area contributed by atoms with E-state index in [4.69, 9.17) is 21.1 Å². The zero-order valence-electron chi connectivity index (χ0n) is 25.8. The first kappa shape index (κ1) is 31.1. The first-order valence-electron chi connectivity index (χ1n) is 15.5. The molecule has 1 aromatic heterocycles. The predicted octanol–water partition coefficient (Wildman–Crippen LogP) is 5.25. The van der Waals surface area contributed by atoms with Crippen molar-refractivity contribution >= 4 is 52.9 Å². The molecule has 0 saturated carbocycles. The zero-order chi connectivity index (χ0) is 30.7. The first-order chi connectivity index (χ1) is 21.2. The van der Waals surface area contributed by atoms with E-state index in [0.717, 1.165) is 87.6 Å². The van der Waals surface area contributed by atoms with E-state index in [2.05, 4.69) is 48.4 Å². The molecule has 4 heterocycles. The molecule has 2 N–H and O–H groups in total. The van der Waals surface area contributed by atoms with E-state index in [0.29, 0.717) is 35.1 Å². The Bertz CT molecular complexity index is 1480. The molecule has 3 aliphatic heterocycles. The molecular formula is C32H43ClN7O3P. The summed E-state index contributed by atoms with van der Waals surface area (Å²) in [5, 5.41) is 7.71. The zero-order valence-corrected chi connectivity index (χ0v) is 27.5. The highest BCUT2D eigenvalue weighted by Crippen LogP contribution is 2.39. The third-order valence-corrected chi connectivity index (χ3v) is 10.6. The van der Waals surface area contributed by atoms with E-state index < -0.39 is 7.14 Å². The highest BCUT2D eigenvalue weighted by Gasteiger charge is 2.29. The monoisotopic (exact) mass is 639 g/mol. The number of halogens is 1. The summed E-state index contributed by atoms with van der Waals surface area (Å²) >= 11 is 6.48. The SMILES string of the molecule is CN1CCN(C2CCN(c3ccc(Nc4ncc(Cl)c(Nc5ccccc5P(C)(C)=O)n4)cc3OC3CCOC3)CC2)CC1. The second kappa shape index (κ2) is 13.6. The van der Waals surface area contributed by atoms with Crippen LogP contribution in [0, 0.1) is 0 Å². The molecule has 3 aromatic rings. The van der Waals surface area contributed by atoms with Crippen LogP contribution in [0.1, 0.15) is 19.3 Å². The van der Waals surface area contributed by atoms with Crippen molar-refractivity contribution in [1.29, 1.82) is 0 Å². The van der Waals surface area contributed by atoms with Crippen molar-refractivity contribution in [3.8, 4) is 5.75 Å². The number of nitrogens with one attached hydrogen (secondary N) is 2. The lowest BCUT2D eigenvalue weighted by atomic mass is 10.0. The van der Waals surface area contributed by atoms with Crippen LogP contribution in [0.4, 0.5) is 28.8 Å². The highest BCUT2D eigenvalue weighted by molar-refractivity contribution is 7.70. The van der Waals surface area contributed by atoms with E-state index in [1.807, 2.05) is 36.4 Å². The van der Waals surface area contributed by atoms with Gasteiger partial charge in [0.25, 0.3) is 0 Å². The van der Waals surface area contributed by atoms with Gasteiger partial charge in [0.15, 0.2) is 5.82 Å². The number of rotatable bonds is 9. The standard InChI is InChI=1S/C32H43ClN7O3P/c1-38-15-17-39(18-16-38)24-10-13-40(14-11-24)28-9-8-23(20-29(28)43-25-12-19-42-22-25)35-32-34-21-26(33)31(37-32)36-27-6-4-5-7-30(27)44(2,3)41/h4-9,20-21,24-25H,10-19,22H2,1-3H3,(H2,34,35,36,37). The Morgan fingerprint density at radius 2 is 1.77 bits per heavy atom. The van der Waals surface area contributed by atoms with Gasteiger partial charge < -0.3 is 34.5 Å². The summed E-state index contributed by atoms with van der Waals surface area (Å²) in [7, 11) is -0.308.